The van der Waals surface area contributed by atoms with E-state index < -0.39 is 0 Å². The first-order valence-corrected chi connectivity index (χ1v) is 9.51. The van der Waals surface area contributed by atoms with Crippen molar-refractivity contribution in [3.8, 4) is 11.1 Å². The van der Waals surface area contributed by atoms with Crippen LogP contribution in [0.25, 0.3) is 22.0 Å². The highest BCUT2D eigenvalue weighted by molar-refractivity contribution is 6.35. The van der Waals surface area contributed by atoms with Crippen LogP contribution >= 0.6 is 23.2 Å². The van der Waals surface area contributed by atoms with Gasteiger partial charge < -0.3 is 17.7 Å². The average molecular weight is 443 g/mol. The van der Waals surface area contributed by atoms with E-state index in [1.54, 1.807) is 6.07 Å². The maximum Gasteiger partial charge on any atom is 0.258 e. The van der Waals surface area contributed by atoms with Crippen LogP contribution in [0.1, 0.15) is 16.1 Å². The van der Waals surface area contributed by atoms with Crippen LogP contribution in [0.2, 0.25) is 10.0 Å². The van der Waals surface area contributed by atoms with E-state index in [0.717, 1.165) is 22.0 Å². The summed E-state index contributed by atoms with van der Waals surface area (Å²) in [6, 6.07) is 22.2. The van der Waals surface area contributed by atoms with Crippen molar-refractivity contribution in [1.82, 2.24) is 4.98 Å². The van der Waals surface area contributed by atoms with Crippen LogP contribution in [0.3, 0.4) is 0 Å². The lowest BCUT2D eigenvalue weighted by Gasteiger charge is -2.17. The molecule has 0 aliphatic rings. The molecule has 0 saturated carbocycles. The topological polar surface area (TPSA) is 42.0 Å². The Balaban J connectivity index is 0.00000240. The number of amides is 1. The number of halogens is 3. The van der Waals surface area contributed by atoms with E-state index in [-0.39, 0.29) is 18.3 Å². The van der Waals surface area contributed by atoms with E-state index in [4.69, 9.17) is 23.2 Å². The maximum atomic E-state index is 13.2. The lowest BCUT2D eigenvalue weighted by molar-refractivity contribution is -0.0000132. The van der Waals surface area contributed by atoms with Crippen molar-refractivity contribution in [3.05, 3.63) is 94.1 Å². The average Bonchev–Trinajstić information content (AvgIpc) is 2.68. The number of para-hydroxylation sites is 1. The van der Waals surface area contributed by atoms with Gasteiger partial charge in [-0.2, -0.15) is 0 Å². The highest BCUT2D eigenvalue weighted by Gasteiger charge is 2.22. The highest BCUT2D eigenvalue weighted by Crippen LogP contribution is 2.38. The lowest BCUT2D eigenvalue weighted by atomic mass is 9.93. The molecule has 1 aromatic heterocycles. The van der Waals surface area contributed by atoms with Gasteiger partial charge in [-0.15, -0.1) is 0 Å². The van der Waals surface area contributed by atoms with Crippen LogP contribution in [0.15, 0.2) is 72.8 Å². The molecule has 4 rings (SSSR count). The summed E-state index contributed by atoms with van der Waals surface area (Å²) >= 11 is 12.8. The summed E-state index contributed by atoms with van der Waals surface area (Å²) in [6.45, 7) is 1.83. The van der Waals surface area contributed by atoms with Crippen LogP contribution < -0.4 is 17.7 Å². The van der Waals surface area contributed by atoms with Gasteiger partial charge in [0.15, 0.2) is 0 Å². The van der Waals surface area contributed by atoms with Gasteiger partial charge in [-0.05, 0) is 43.3 Å². The number of carbonyl (C=O) groups is 1. The molecule has 146 valence electrons. The van der Waals surface area contributed by atoms with E-state index in [2.05, 4.69) is 10.3 Å². The fourth-order valence-corrected chi connectivity index (χ4v) is 3.70. The molecular weight excluding hydrogens is 427 g/mol. The van der Waals surface area contributed by atoms with Crippen molar-refractivity contribution >= 4 is 45.7 Å². The molecule has 1 amide bonds. The van der Waals surface area contributed by atoms with E-state index in [1.807, 2.05) is 73.7 Å². The molecule has 29 heavy (non-hydrogen) atoms. The molecule has 1 heterocycles. The molecule has 3 aromatic carbocycles. The minimum Gasteiger partial charge on any atom is -1.00 e. The predicted octanol–water partition coefficient (Wildman–Crippen LogP) is 3.77. The number of benzene rings is 3. The summed E-state index contributed by atoms with van der Waals surface area (Å²) in [6.07, 6.45) is 0. The molecule has 0 bridgehead atoms. The molecular formula is C23H16Cl3N2O-. The van der Waals surface area contributed by atoms with E-state index >= 15 is 0 Å². The Morgan fingerprint density at radius 1 is 0.931 bits per heavy atom. The molecule has 4 aromatic rings. The summed E-state index contributed by atoms with van der Waals surface area (Å²) in [5.74, 6) is -0.243. The van der Waals surface area contributed by atoms with Crippen molar-refractivity contribution in [2.45, 2.75) is 6.92 Å². The van der Waals surface area contributed by atoms with Gasteiger partial charge in [-0.25, -0.2) is 0 Å². The Kier molecular flexibility index (Phi) is 6.43. The summed E-state index contributed by atoms with van der Waals surface area (Å²) in [5.41, 5.74) is 4.06. The molecule has 0 aliphatic carbocycles. The largest absolute Gasteiger partial charge is 1.00 e. The van der Waals surface area contributed by atoms with Crippen LogP contribution in [-0.2, 0) is 0 Å². The Morgan fingerprint density at radius 3 is 2.34 bits per heavy atom. The number of anilines is 1. The molecule has 0 atom stereocenters. The van der Waals surface area contributed by atoms with Gasteiger partial charge in [0.1, 0.15) is 0 Å². The molecule has 0 radical (unpaired) electrons. The number of hydrogen-bond acceptors (Lipinski definition) is 2. The Hall–Kier alpha value is -2.59. The van der Waals surface area contributed by atoms with Crippen molar-refractivity contribution in [2.75, 3.05) is 5.32 Å². The van der Waals surface area contributed by atoms with E-state index in [0.29, 0.717) is 27.0 Å². The molecule has 0 saturated heterocycles. The second-order valence-electron chi connectivity index (χ2n) is 6.41. The van der Waals surface area contributed by atoms with Crippen LogP contribution in [-0.4, -0.2) is 10.9 Å². The van der Waals surface area contributed by atoms with Crippen molar-refractivity contribution in [3.63, 3.8) is 0 Å². The minimum absolute atomic E-state index is 0. The van der Waals surface area contributed by atoms with Crippen molar-refractivity contribution in [2.24, 2.45) is 0 Å². The van der Waals surface area contributed by atoms with Gasteiger partial charge >= 0.3 is 0 Å². The van der Waals surface area contributed by atoms with Crippen molar-refractivity contribution in [1.29, 1.82) is 0 Å². The third kappa shape index (κ3) is 4.23. The highest BCUT2D eigenvalue weighted by atomic mass is 35.5. The number of pyridine rings is 1. The first-order chi connectivity index (χ1) is 13.5. The normalized spacial score (nSPS) is 10.4. The summed E-state index contributed by atoms with van der Waals surface area (Å²) in [4.78, 5) is 17.9. The second kappa shape index (κ2) is 8.83. The third-order valence-electron chi connectivity index (χ3n) is 4.53. The number of nitrogens with zero attached hydrogens (tertiary/aromatic N) is 1. The smallest absolute Gasteiger partial charge is 0.258 e. The number of hydrogen-bond donors (Lipinski definition) is 1. The lowest BCUT2D eigenvalue weighted by Crippen LogP contribution is -3.00. The fourth-order valence-electron chi connectivity index (χ4n) is 3.29. The number of nitrogens with one attached hydrogen (secondary N) is 1. The Bertz CT molecular complexity index is 1190. The first-order valence-electron chi connectivity index (χ1n) is 8.76. The van der Waals surface area contributed by atoms with E-state index in [9.17, 15) is 4.79 Å². The summed E-state index contributed by atoms with van der Waals surface area (Å²) in [7, 11) is 0. The van der Waals surface area contributed by atoms with Gasteiger partial charge in [0.25, 0.3) is 5.91 Å². The van der Waals surface area contributed by atoms with Gasteiger partial charge in [0.2, 0.25) is 0 Å². The molecule has 1 N–H and O–H groups in total. The standard InChI is InChI=1S/C23H16Cl2N2O.ClH/c1-14-21(23(28)27-16-7-3-2-4-8-16)22(17-9-5-6-10-19(17)25)18-13-15(24)11-12-20(18)26-14;/h2-13H,1H3,(H,27,28);1H/p-1. The number of aromatic nitrogens is 1. The molecule has 0 spiro atoms. The second-order valence-corrected chi connectivity index (χ2v) is 7.25. The predicted molar refractivity (Wildman–Crippen MR) is 116 cm³/mol. The summed E-state index contributed by atoms with van der Waals surface area (Å²) < 4.78 is 0. The minimum atomic E-state index is -0.243. The zero-order valence-electron chi connectivity index (χ0n) is 15.4. The zero-order valence-corrected chi connectivity index (χ0v) is 17.7. The quantitative estimate of drug-likeness (QED) is 0.525. The molecule has 0 unspecified atom stereocenters. The monoisotopic (exact) mass is 441 g/mol. The Labute approximate surface area is 185 Å². The molecule has 6 heteroatoms. The van der Waals surface area contributed by atoms with Crippen LogP contribution in [0.4, 0.5) is 5.69 Å². The molecule has 0 aliphatic heterocycles. The SMILES string of the molecule is Cc1nc2ccc(Cl)cc2c(-c2ccccc2Cl)c1C(=O)Nc1ccccc1.[Cl-]. The first kappa shape index (κ1) is 21.1. The van der Waals surface area contributed by atoms with Gasteiger partial charge in [-0.1, -0.05) is 59.6 Å². The van der Waals surface area contributed by atoms with Gasteiger partial charge in [0, 0.05) is 32.2 Å². The molecule has 0 fully saturated rings. The van der Waals surface area contributed by atoms with Crippen LogP contribution in [0, 0.1) is 6.92 Å². The number of aryl methyl sites for hydroxylation is 1. The number of rotatable bonds is 3. The Morgan fingerprint density at radius 2 is 1.62 bits per heavy atom. The summed E-state index contributed by atoms with van der Waals surface area (Å²) in [5, 5.41) is 4.86. The fraction of sp³-hybridized carbons (Fsp3) is 0.0435. The van der Waals surface area contributed by atoms with E-state index in [1.165, 1.54) is 0 Å². The molecule has 3 nitrogen and oxygen atoms in total. The van der Waals surface area contributed by atoms with Crippen LogP contribution in [0.5, 0.6) is 0 Å². The van der Waals surface area contributed by atoms with Gasteiger partial charge in [-0.3, -0.25) is 9.78 Å². The van der Waals surface area contributed by atoms with Crippen molar-refractivity contribution < 1.29 is 17.2 Å². The maximum absolute atomic E-state index is 13.2. The number of fused-ring (bicyclic) bond motifs is 1. The zero-order chi connectivity index (χ0) is 19.7. The number of carbonyl (C=O) groups excluding carboxylic acids is 1. The third-order valence-corrected chi connectivity index (χ3v) is 5.09. The van der Waals surface area contributed by atoms with Gasteiger partial charge in [0.05, 0.1) is 16.8 Å².